The van der Waals surface area contributed by atoms with Gasteiger partial charge in [0.05, 0.1) is 13.7 Å². The lowest BCUT2D eigenvalue weighted by molar-refractivity contribution is 0.0527. The first-order valence-electron chi connectivity index (χ1n) is 7.70. The zero-order chi connectivity index (χ0) is 16.8. The molecule has 0 amide bonds. The standard InChI is InChI=1S/C17H21FN2O3/c1-4-6-7-19-16-13(17(21)23-5-2)9-11-8-12(18)10-14(22-3)15(11)20-16/h8-10H,4-7H2,1-3H3,(H,19,20). The van der Waals surface area contributed by atoms with Crippen molar-refractivity contribution in [3.63, 3.8) is 0 Å². The van der Waals surface area contributed by atoms with Crippen LogP contribution in [0, 0.1) is 5.82 Å². The monoisotopic (exact) mass is 320 g/mol. The number of nitrogens with zero attached hydrogens (tertiary/aromatic N) is 1. The quantitative estimate of drug-likeness (QED) is 0.621. The molecule has 0 saturated carbocycles. The molecule has 0 bridgehead atoms. The molecular weight excluding hydrogens is 299 g/mol. The van der Waals surface area contributed by atoms with Crippen molar-refractivity contribution in [1.29, 1.82) is 0 Å². The maximum absolute atomic E-state index is 13.7. The van der Waals surface area contributed by atoms with E-state index in [9.17, 15) is 9.18 Å². The molecule has 0 aliphatic heterocycles. The van der Waals surface area contributed by atoms with E-state index in [1.807, 2.05) is 0 Å². The van der Waals surface area contributed by atoms with E-state index in [-0.39, 0.29) is 6.61 Å². The van der Waals surface area contributed by atoms with Gasteiger partial charge < -0.3 is 14.8 Å². The Bertz CT molecular complexity index is 704. The molecule has 23 heavy (non-hydrogen) atoms. The lowest BCUT2D eigenvalue weighted by atomic mass is 10.1. The van der Waals surface area contributed by atoms with Crippen molar-refractivity contribution in [3.8, 4) is 5.75 Å². The largest absolute Gasteiger partial charge is 0.494 e. The van der Waals surface area contributed by atoms with Crippen LogP contribution in [0.1, 0.15) is 37.0 Å². The fraction of sp³-hybridized carbons (Fsp3) is 0.412. The molecule has 2 rings (SSSR count). The number of aromatic nitrogens is 1. The number of halogens is 1. The molecule has 6 heteroatoms. The fourth-order valence-corrected chi connectivity index (χ4v) is 2.26. The van der Waals surface area contributed by atoms with E-state index < -0.39 is 11.8 Å². The smallest absolute Gasteiger partial charge is 0.341 e. The second kappa shape index (κ2) is 7.76. The molecule has 0 unspecified atom stereocenters. The summed E-state index contributed by atoms with van der Waals surface area (Å²) in [6.45, 7) is 4.76. The average Bonchev–Trinajstić information content (AvgIpc) is 2.54. The number of methoxy groups -OCH3 is 1. The molecular formula is C17H21FN2O3. The summed E-state index contributed by atoms with van der Waals surface area (Å²) < 4.78 is 23.9. The number of unbranched alkanes of at least 4 members (excludes halogenated alkanes) is 1. The molecule has 124 valence electrons. The molecule has 1 aromatic heterocycles. The van der Waals surface area contributed by atoms with E-state index in [2.05, 4.69) is 17.2 Å². The third-order valence-corrected chi connectivity index (χ3v) is 3.39. The number of fused-ring (bicyclic) bond motifs is 1. The normalized spacial score (nSPS) is 10.6. The van der Waals surface area contributed by atoms with Crippen LogP contribution in [0.2, 0.25) is 0 Å². The van der Waals surface area contributed by atoms with E-state index in [0.29, 0.717) is 34.6 Å². The van der Waals surface area contributed by atoms with Gasteiger partial charge in [-0.05, 0) is 25.5 Å². The number of esters is 1. The van der Waals surface area contributed by atoms with Crippen LogP contribution in [-0.2, 0) is 4.74 Å². The van der Waals surface area contributed by atoms with Gasteiger partial charge in [0.15, 0.2) is 0 Å². The summed E-state index contributed by atoms with van der Waals surface area (Å²) in [6.07, 6.45) is 1.96. The molecule has 0 radical (unpaired) electrons. The first kappa shape index (κ1) is 17.0. The van der Waals surface area contributed by atoms with Gasteiger partial charge in [-0.25, -0.2) is 14.2 Å². The van der Waals surface area contributed by atoms with Crippen LogP contribution in [0.15, 0.2) is 18.2 Å². The number of rotatable bonds is 7. The zero-order valence-electron chi connectivity index (χ0n) is 13.6. The third kappa shape index (κ3) is 3.88. The van der Waals surface area contributed by atoms with Crippen LogP contribution < -0.4 is 10.1 Å². The van der Waals surface area contributed by atoms with E-state index in [0.717, 1.165) is 12.8 Å². The van der Waals surface area contributed by atoms with E-state index in [4.69, 9.17) is 9.47 Å². The fourth-order valence-electron chi connectivity index (χ4n) is 2.26. The second-order valence-electron chi connectivity index (χ2n) is 5.07. The average molecular weight is 320 g/mol. The number of nitrogens with one attached hydrogen (secondary N) is 1. The summed E-state index contributed by atoms with van der Waals surface area (Å²) >= 11 is 0. The van der Waals surface area contributed by atoms with Gasteiger partial charge in [-0.3, -0.25) is 0 Å². The van der Waals surface area contributed by atoms with Crippen LogP contribution in [0.25, 0.3) is 10.9 Å². The molecule has 0 aliphatic rings. The number of hydrogen-bond donors (Lipinski definition) is 1. The maximum Gasteiger partial charge on any atom is 0.341 e. The summed E-state index contributed by atoms with van der Waals surface area (Å²) in [6, 6.07) is 4.18. The van der Waals surface area contributed by atoms with Gasteiger partial charge in [0.25, 0.3) is 0 Å². The molecule has 1 aromatic carbocycles. The molecule has 0 saturated heterocycles. The minimum absolute atomic E-state index is 0.262. The second-order valence-corrected chi connectivity index (χ2v) is 5.07. The van der Waals surface area contributed by atoms with Crippen LogP contribution in [0.5, 0.6) is 5.75 Å². The molecule has 1 heterocycles. The van der Waals surface area contributed by atoms with Crippen molar-refractivity contribution in [2.24, 2.45) is 0 Å². The molecule has 1 N–H and O–H groups in total. The highest BCUT2D eigenvalue weighted by Crippen LogP contribution is 2.29. The van der Waals surface area contributed by atoms with Crippen LogP contribution in [0.4, 0.5) is 10.2 Å². The van der Waals surface area contributed by atoms with Crippen LogP contribution in [-0.4, -0.2) is 31.2 Å². The number of carbonyl (C=O) groups is 1. The van der Waals surface area contributed by atoms with E-state index >= 15 is 0 Å². The van der Waals surface area contributed by atoms with E-state index in [1.165, 1.54) is 19.2 Å². The molecule has 0 fully saturated rings. The summed E-state index contributed by atoms with van der Waals surface area (Å²) in [5, 5.41) is 3.64. The van der Waals surface area contributed by atoms with Crippen molar-refractivity contribution in [1.82, 2.24) is 4.98 Å². The highest BCUT2D eigenvalue weighted by atomic mass is 19.1. The number of ether oxygens (including phenoxy) is 2. The predicted molar refractivity (Wildman–Crippen MR) is 87.6 cm³/mol. The molecule has 2 aromatic rings. The summed E-state index contributed by atoms with van der Waals surface area (Å²) in [5.74, 6) is -0.176. The predicted octanol–water partition coefficient (Wildman–Crippen LogP) is 3.77. The van der Waals surface area contributed by atoms with Gasteiger partial charge in [-0.15, -0.1) is 0 Å². The Balaban J connectivity index is 2.55. The number of hydrogen-bond acceptors (Lipinski definition) is 5. The summed E-state index contributed by atoms with van der Waals surface area (Å²) in [4.78, 5) is 16.6. The Morgan fingerprint density at radius 2 is 2.09 bits per heavy atom. The molecule has 0 spiro atoms. The molecule has 5 nitrogen and oxygen atoms in total. The first-order chi connectivity index (χ1) is 11.1. The zero-order valence-corrected chi connectivity index (χ0v) is 13.6. The van der Waals surface area contributed by atoms with Crippen molar-refractivity contribution < 1.29 is 18.7 Å². The Hall–Kier alpha value is -2.37. The van der Waals surface area contributed by atoms with Crippen molar-refractivity contribution in [3.05, 3.63) is 29.6 Å². The molecule has 0 aliphatic carbocycles. The third-order valence-electron chi connectivity index (χ3n) is 3.39. The number of anilines is 1. The van der Waals surface area contributed by atoms with Gasteiger partial charge in [0, 0.05) is 18.0 Å². The van der Waals surface area contributed by atoms with Crippen molar-refractivity contribution >= 4 is 22.7 Å². The lowest BCUT2D eigenvalue weighted by Crippen LogP contribution is -2.12. The minimum atomic E-state index is -0.482. The number of pyridine rings is 1. The van der Waals surface area contributed by atoms with Gasteiger partial charge in [0.1, 0.15) is 28.5 Å². The van der Waals surface area contributed by atoms with Gasteiger partial charge in [0.2, 0.25) is 0 Å². The lowest BCUT2D eigenvalue weighted by Gasteiger charge is -2.13. The van der Waals surface area contributed by atoms with Crippen LogP contribution in [0.3, 0.4) is 0 Å². The Morgan fingerprint density at radius 1 is 1.30 bits per heavy atom. The highest BCUT2D eigenvalue weighted by Gasteiger charge is 2.17. The Labute approximate surface area is 134 Å². The van der Waals surface area contributed by atoms with Gasteiger partial charge >= 0.3 is 5.97 Å². The minimum Gasteiger partial charge on any atom is -0.494 e. The molecule has 0 atom stereocenters. The topological polar surface area (TPSA) is 60.5 Å². The van der Waals surface area contributed by atoms with Crippen LogP contribution >= 0.6 is 0 Å². The number of benzene rings is 1. The SMILES string of the molecule is CCCCNc1nc2c(OC)cc(F)cc2cc1C(=O)OCC. The summed E-state index contributed by atoms with van der Waals surface area (Å²) in [7, 11) is 1.46. The maximum atomic E-state index is 13.7. The van der Waals surface area contributed by atoms with Gasteiger partial charge in [-0.1, -0.05) is 13.3 Å². The Kier molecular flexibility index (Phi) is 5.73. The van der Waals surface area contributed by atoms with E-state index in [1.54, 1.807) is 13.0 Å². The first-order valence-corrected chi connectivity index (χ1v) is 7.70. The highest BCUT2D eigenvalue weighted by molar-refractivity contribution is 6.00. The number of carbonyl (C=O) groups excluding carboxylic acids is 1. The summed E-state index contributed by atoms with van der Waals surface area (Å²) in [5.41, 5.74) is 0.795. The van der Waals surface area contributed by atoms with Crippen molar-refractivity contribution in [2.75, 3.05) is 25.6 Å². The van der Waals surface area contributed by atoms with Crippen molar-refractivity contribution in [2.45, 2.75) is 26.7 Å². The van der Waals surface area contributed by atoms with Gasteiger partial charge in [-0.2, -0.15) is 0 Å². The Morgan fingerprint density at radius 3 is 2.74 bits per heavy atom.